The van der Waals surface area contributed by atoms with Crippen molar-refractivity contribution in [3.63, 3.8) is 0 Å². The molecule has 1 fully saturated rings. The average Bonchev–Trinajstić information content (AvgIpc) is 3.20. The van der Waals surface area contributed by atoms with Crippen molar-refractivity contribution in [1.82, 2.24) is 0 Å². The number of rotatable bonds is 4. The molecule has 26 heavy (non-hydrogen) atoms. The second kappa shape index (κ2) is 8.06. The summed E-state index contributed by atoms with van der Waals surface area (Å²) >= 11 is 3.95. The van der Waals surface area contributed by atoms with Gasteiger partial charge >= 0.3 is 0 Å². The molecular weight excluding hydrogens is 362 g/mol. The lowest BCUT2D eigenvalue weighted by Gasteiger charge is -2.21. The first kappa shape index (κ1) is 17.3. The van der Waals surface area contributed by atoms with Gasteiger partial charge in [0.15, 0.2) is 5.76 Å². The van der Waals surface area contributed by atoms with E-state index in [9.17, 15) is 4.79 Å². The maximum Gasteiger partial charge on any atom is 0.292 e. The Labute approximate surface area is 161 Å². The highest BCUT2D eigenvalue weighted by molar-refractivity contribution is 8.16. The van der Waals surface area contributed by atoms with Gasteiger partial charge in [0, 0.05) is 11.3 Å². The summed E-state index contributed by atoms with van der Waals surface area (Å²) in [4.78, 5) is 12.7. The Morgan fingerprint density at radius 2 is 1.81 bits per heavy atom. The third-order valence-corrected chi connectivity index (χ3v) is 7.22. The minimum atomic E-state index is -0.227. The summed E-state index contributed by atoms with van der Waals surface area (Å²) in [5.74, 6) is 2.50. The minimum Gasteiger partial charge on any atom is -0.459 e. The molecule has 0 aliphatic carbocycles. The van der Waals surface area contributed by atoms with Gasteiger partial charge in [-0.15, -0.1) is 23.5 Å². The molecule has 0 unspecified atom stereocenters. The highest BCUT2D eigenvalue weighted by atomic mass is 32.2. The molecule has 1 aromatic heterocycles. The zero-order valence-corrected chi connectivity index (χ0v) is 15.8. The molecule has 0 bridgehead atoms. The van der Waals surface area contributed by atoms with Crippen LogP contribution >= 0.6 is 23.5 Å². The van der Waals surface area contributed by atoms with Gasteiger partial charge in [-0.2, -0.15) is 0 Å². The molecule has 0 radical (unpaired) electrons. The maximum absolute atomic E-state index is 12.7. The first-order valence-corrected chi connectivity index (χ1v) is 10.7. The van der Waals surface area contributed by atoms with Gasteiger partial charge in [0.05, 0.1) is 10.8 Å². The fourth-order valence-corrected chi connectivity index (χ4v) is 5.83. The summed E-state index contributed by atoms with van der Waals surface area (Å²) in [5.41, 5.74) is 3.82. The van der Waals surface area contributed by atoms with E-state index < -0.39 is 0 Å². The molecule has 1 aliphatic heterocycles. The van der Waals surface area contributed by atoms with Crippen LogP contribution in [0.15, 0.2) is 71.3 Å². The molecule has 1 saturated heterocycles. The Hall–Kier alpha value is -2.11. The quantitative estimate of drug-likeness (QED) is 0.596. The van der Waals surface area contributed by atoms with Crippen molar-refractivity contribution in [2.75, 3.05) is 16.8 Å². The molecule has 2 heterocycles. The number of furan rings is 1. The Morgan fingerprint density at radius 1 is 1.00 bits per heavy atom. The largest absolute Gasteiger partial charge is 0.459 e. The highest BCUT2D eigenvalue weighted by Gasteiger charge is 2.19. The van der Waals surface area contributed by atoms with E-state index in [0.29, 0.717) is 10.3 Å². The molecule has 0 spiro atoms. The molecule has 0 saturated carbocycles. The van der Waals surface area contributed by atoms with E-state index in [-0.39, 0.29) is 5.91 Å². The number of hydrogen-bond donors (Lipinski definition) is 1. The lowest BCUT2D eigenvalue weighted by molar-refractivity contribution is 0.0997. The molecular formula is C21H19NO2S2. The number of hydrogen-bond acceptors (Lipinski definition) is 4. The van der Waals surface area contributed by atoms with Crippen LogP contribution in [0.1, 0.15) is 27.1 Å². The zero-order chi connectivity index (χ0) is 17.8. The second-order valence-corrected chi connectivity index (χ2v) is 8.76. The van der Waals surface area contributed by atoms with Crippen LogP contribution in [0.5, 0.6) is 0 Å². The SMILES string of the molecule is O=C(Nc1cccc(C2SCCCS2)c1)c1occc1-c1ccccc1. The van der Waals surface area contributed by atoms with Crippen LogP contribution in [-0.4, -0.2) is 17.4 Å². The molecule has 1 amide bonds. The fraction of sp³-hybridized carbons (Fsp3) is 0.190. The Bertz CT molecular complexity index is 886. The highest BCUT2D eigenvalue weighted by Crippen LogP contribution is 2.44. The van der Waals surface area contributed by atoms with Crippen LogP contribution in [0.2, 0.25) is 0 Å². The zero-order valence-electron chi connectivity index (χ0n) is 14.2. The van der Waals surface area contributed by atoms with Crippen LogP contribution < -0.4 is 5.32 Å². The molecule has 3 nitrogen and oxygen atoms in total. The monoisotopic (exact) mass is 381 g/mol. The maximum atomic E-state index is 12.7. The number of thioether (sulfide) groups is 2. The Balaban J connectivity index is 1.53. The van der Waals surface area contributed by atoms with Crippen molar-refractivity contribution in [1.29, 1.82) is 0 Å². The summed E-state index contributed by atoms with van der Waals surface area (Å²) in [5, 5.41) is 2.98. The smallest absolute Gasteiger partial charge is 0.292 e. The van der Waals surface area contributed by atoms with E-state index >= 15 is 0 Å². The van der Waals surface area contributed by atoms with Gasteiger partial charge in [0.2, 0.25) is 0 Å². The van der Waals surface area contributed by atoms with Crippen LogP contribution in [0.3, 0.4) is 0 Å². The predicted molar refractivity (Wildman–Crippen MR) is 111 cm³/mol. The van der Waals surface area contributed by atoms with Gasteiger partial charge in [-0.25, -0.2) is 0 Å². The summed E-state index contributed by atoms with van der Waals surface area (Å²) in [6.07, 6.45) is 2.83. The number of amides is 1. The average molecular weight is 382 g/mol. The summed E-state index contributed by atoms with van der Waals surface area (Å²) in [6.45, 7) is 0. The predicted octanol–water partition coefficient (Wildman–Crippen LogP) is 6.07. The van der Waals surface area contributed by atoms with Crippen molar-refractivity contribution >= 4 is 35.1 Å². The normalized spacial score (nSPS) is 14.9. The van der Waals surface area contributed by atoms with Crippen LogP contribution in [-0.2, 0) is 0 Å². The van der Waals surface area contributed by atoms with Crippen molar-refractivity contribution in [3.8, 4) is 11.1 Å². The lowest BCUT2D eigenvalue weighted by atomic mass is 10.1. The van der Waals surface area contributed by atoms with E-state index in [1.165, 1.54) is 23.5 Å². The molecule has 3 aromatic rings. The summed E-state index contributed by atoms with van der Waals surface area (Å²) < 4.78 is 5.93. The molecule has 5 heteroatoms. The molecule has 1 aliphatic rings. The third kappa shape index (κ3) is 3.84. The standard InChI is InChI=1S/C21H19NO2S2/c23-20(19-18(10-11-24-19)15-6-2-1-3-7-15)22-17-9-4-8-16(14-17)21-25-12-5-13-26-21/h1-4,6-11,14,21H,5,12-13H2,(H,22,23). The van der Waals surface area contributed by atoms with Gasteiger partial charge in [-0.3, -0.25) is 4.79 Å². The Kier molecular flexibility index (Phi) is 5.37. The second-order valence-electron chi connectivity index (χ2n) is 6.04. The van der Waals surface area contributed by atoms with Gasteiger partial charge < -0.3 is 9.73 Å². The Morgan fingerprint density at radius 3 is 2.62 bits per heavy atom. The first-order chi connectivity index (χ1) is 12.8. The molecule has 132 valence electrons. The van der Waals surface area contributed by atoms with Crippen LogP contribution in [0.4, 0.5) is 5.69 Å². The van der Waals surface area contributed by atoms with Crippen molar-refractivity contribution in [2.24, 2.45) is 0 Å². The van der Waals surface area contributed by atoms with E-state index in [4.69, 9.17) is 4.42 Å². The number of carbonyl (C=O) groups is 1. The van der Waals surface area contributed by atoms with E-state index in [2.05, 4.69) is 17.4 Å². The molecule has 4 rings (SSSR count). The fourth-order valence-electron chi connectivity index (χ4n) is 2.96. The van der Waals surface area contributed by atoms with Crippen molar-refractivity contribution in [2.45, 2.75) is 11.0 Å². The van der Waals surface area contributed by atoms with Gasteiger partial charge in [0.1, 0.15) is 0 Å². The summed E-state index contributed by atoms with van der Waals surface area (Å²) in [7, 11) is 0. The van der Waals surface area contributed by atoms with Gasteiger partial charge in [-0.1, -0.05) is 42.5 Å². The number of benzene rings is 2. The molecule has 0 atom stereocenters. The number of nitrogens with one attached hydrogen (secondary N) is 1. The van der Waals surface area contributed by atoms with Crippen molar-refractivity contribution in [3.05, 3.63) is 78.3 Å². The molecule has 1 N–H and O–H groups in total. The van der Waals surface area contributed by atoms with Gasteiger partial charge in [-0.05, 0) is 47.3 Å². The topological polar surface area (TPSA) is 42.2 Å². The number of anilines is 1. The van der Waals surface area contributed by atoms with Crippen LogP contribution in [0, 0.1) is 0 Å². The van der Waals surface area contributed by atoms with E-state index in [1.807, 2.05) is 72.1 Å². The van der Waals surface area contributed by atoms with E-state index in [0.717, 1.165) is 16.8 Å². The van der Waals surface area contributed by atoms with Crippen molar-refractivity contribution < 1.29 is 9.21 Å². The minimum absolute atomic E-state index is 0.227. The number of carbonyl (C=O) groups excluding carboxylic acids is 1. The van der Waals surface area contributed by atoms with Gasteiger partial charge in [0.25, 0.3) is 5.91 Å². The first-order valence-electron chi connectivity index (χ1n) is 8.59. The summed E-state index contributed by atoms with van der Waals surface area (Å²) in [6, 6.07) is 19.8. The third-order valence-electron chi connectivity index (χ3n) is 4.20. The van der Waals surface area contributed by atoms with E-state index in [1.54, 1.807) is 6.26 Å². The lowest BCUT2D eigenvalue weighted by Crippen LogP contribution is -2.12. The van der Waals surface area contributed by atoms with Crippen LogP contribution in [0.25, 0.3) is 11.1 Å². The molecule has 2 aromatic carbocycles.